The second-order valence-electron chi connectivity index (χ2n) is 7.60. The maximum Gasteiger partial charge on any atom is 0.261 e. The number of nitrogens with zero attached hydrogens (tertiary/aromatic N) is 2. The van der Waals surface area contributed by atoms with Gasteiger partial charge in [0, 0.05) is 12.6 Å². The van der Waals surface area contributed by atoms with Gasteiger partial charge < -0.3 is 14.4 Å². The summed E-state index contributed by atoms with van der Waals surface area (Å²) in [5, 5.41) is 8.92. The fourth-order valence-electron chi connectivity index (χ4n) is 3.44. The Hall–Kier alpha value is -3.78. The van der Waals surface area contributed by atoms with E-state index in [1.807, 2.05) is 65.6 Å². The Morgan fingerprint density at radius 1 is 0.935 bits per heavy atom. The smallest absolute Gasteiger partial charge is 0.261 e. The van der Waals surface area contributed by atoms with E-state index in [2.05, 4.69) is 6.07 Å². The first kappa shape index (κ1) is 20.5. The molecule has 1 amide bonds. The molecule has 0 heterocycles. The van der Waals surface area contributed by atoms with Gasteiger partial charge in [-0.15, -0.1) is 0 Å². The lowest BCUT2D eigenvalue weighted by Gasteiger charge is -2.23. The zero-order valence-electron chi connectivity index (χ0n) is 17.5. The molecule has 0 atom stereocenters. The van der Waals surface area contributed by atoms with Crippen LogP contribution < -0.4 is 9.47 Å². The average Bonchev–Trinajstić information content (AvgIpc) is 3.67. The topological polar surface area (TPSA) is 62.6 Å². The SMILES string of the molecule is COc1ccc(CN(C(=O)COc2ccc(-c3ccc(C#N)cc3)cc2)C2CC2)cc1. The van der Waals surface area contributed by atoms with Gasteiger partial charge in [0.2, 0.25) is 0 Å². The first-order valence-corrected chi connectivity index (χ1v) is 10.3. The number of carbonyl (C=O) groups excluding carboxylic acids is 1. The number of carbonyl (C=O) groups is 1. The van der Waals surface area contributed by atoms with Crippen molar-refractivity contribution in [1.82, 2.24) is 4.90 Å². The zero-order valence-corrected chi connectivity index (χ0v) is 17.5. The van der Waals surface area contributed by atoms with Gasteiger partial charge in [-0.1, -0.05) is 36.4 Å². The van der Waals surface area contributed by atoms with Crippen molar-refractivity contribution in [3.63, 3.8) is 0 Å². The molecule has 0 spiro atoms. The summed E-state index contributed by atoms with van der Waals surface area (Å²) in [7, 11) is 1.64. The van der Waals surface area contributed by atoms with Crippen LogP contribution in [0.25, 0.3) is 11.1 Å². The average molecular weight is 412 g/mol. The van der Waals surface area contributed by atoms with Gasteiger partial charge in [0.15, 0.2) is 6.61 Å². The summed E-state index contributed by atoms with van der Waals surface area (Å²) in [6.07, 6.45) is 2.09. The normalized spacial score (nSPS) is 12.6. The van der Waals surface area contributed by atoms with E-state index in [1.54, 1.807) is 19.2 Å². The van der Waals surface area contributed by atoms with Crippen LogP contribution in [0.4, 0.5) is 0 Å². The highest BCUT2D eigenvalue weighted by Gasteiger charge is 2.32. The van der Waals surface area contributed by atoms with Gasteiger partial charge in [-0.05, 0) is 65.9 Å². The molecule has 1 fully saturated rings. The minimum atomic E-state index is -0.00510. The third-order valence-electron chi connectivity index (χ3n) is 5.38. The van der Waals surface area contributed by atoms with Crippen molar-refractivity contribution < 1.29 is 14.3 Å². The molecule has 0 bridgehead atoms. The van der Waals surface area contributed by atoms with Crippen molar-refractivity contribution in [2.45, 2.75) is 25.4 Å². The number of nitriles is 1. The molecule has 0 aromatic heterocycles. The van der Waals surface area contributed by atoms with Crippen molar-refractivity contribution in [2.75, 3.05) is 13.7 Å². The summed E-state index contributed by atoms with van der Waals surface area (Å²) in [5.41, 5.74) is 3.77. The quantitative estimate of drug-likeness (QED) is 0.533. The number of hydrogen-bond donors (Lipinski definition) is 0. The van der Waals surface area contributed by atoms with Crippen molar-refractivity contribution in [3.8, 4) is 28.7 Å². The Balaban J connectivity index is 1.35. The fraction of sp³-hybridized carbons (Fsp3) is 0.231. The summed E-state index contributed by atoms with van der Waals surface area (Å²) in [5.74, 6) is 1.46. The van der Waals surface area contributed by atoms with Crippen LogP contribution in [0.15, 0.2) is 72.8 Å². The maximum absolute atomic E-state index is 12.8. The van der Waals surface area contributed by atoms with Gasteiger partial charge in [0.05, 0.1) is 18.7 Å². The Morgan fingerprint density at radius 2 is 1.52 bits per heavy atom. The number of benzene rings is 3. The molecule has 1 saturated carbocycles. The monoisotopic (exact) mass is 412 g/mol. The lowest BCUT2D eigenvalue weighted by atomic mass is 10.0. The molecule has 3 aromatic rings. The highest BCUT2D eigenvalue weighted by molar-refractivity contribution is 5.78. The molecule has 0 radical (unpaired) electrons. The summed E-state index contributed by atoms with van der Waals surface area (Å²) in [6.45, 7) is 0.595. The van der Waals surface area contributed by atoms with Crippen LogP contribution >= 0.6 is 0 Å². The van der Waals surface area contributed by atoms with Crippen molar-refractivity contribution in [2.24, 2.45) is 0 Å². The molecule has 5 nitrogen and oxygen atoms in total. The van der Waals surface area contributed by atoms with Gasteiger partial charge in [0.1, 0.15) is 11.5 Å². The Bertz CT molecular complexity index is 1060. The van der Waals surface area contributed by atoms with E-state index in [0.29, 0.717) is 23.9 Å². The Labute approximate surface area is 182 Å². The van der Waals surface area contributed by atoms with Crippen LogP contribution in [0.5, 0.6) is 11.5 Å². The van der Waals surface area contributed by atoms with Gasteiger partial charge in [-0.3, -0.25) is 4.79 Å². The summed E-state index contributed by atoms with van der Waals surface area (Å²) in [6, 6.07) is 25.3. The third kappa shape index (κ3) is 5.23. The van der Waals surface area contributed by atoms with Crippen LogP contribution in [0, 0.1) is 11.3 Å². The molecule has 1 aliphatic carbocycles. The van der Waals surface area contributed by atoms with Gasteiger partial charge in [0.25, 0.3) is 5.91 Å². The molecule has 5 heteroatoms. The first-order valence-electron chi connectivity index (χ1n) is 10.3. The molecule has 4 rings (SSSR count). The van der Waals surface area contributed by atoms with Crippen molar-refractivity contribution in [3.05, 3.63) is 83.9 Å². The Morgan fingerprint density at radius 3 is 2.06 bits per heavy atom. The molecule has 1 aliphatic rings. The number of ether oxygens (including phenoxy) is 2. The second-order valence-corrected chi connectivity index (χ2v) is 7.60. The molecule has 3 aromatic carbocycles. The van der Waals surface area contributed by atoms with Gasteiger partial charge >= 0.3 is 0 Å². The number of hydrogen-bond acceptors (Lipinski definition) is 4. The summed E-state index contributed by atoms with van der Waals surface area (Å²) < 4.78 is 11.0. The van der Waals surface area contributed by atoms with Gasteiger partial charge in [-0.25, -0.2) is 0 Å². The van der Waals surface area contributed by atoms with Crippen LogP contribution in [0.1, 0.15) is 24.0 Å². The molecule has 156 valence electrons. The zero-order chi connectivity index (χ0) is 21.6. The third-order valence-corrected chi connectivity index (χ3v) is 5.38. The molecule has 0 unspecified atom stereocenters. The number of amides is 1. The van der Waals surface area contributed by atoms with Crippen LogP contribution in [-0.4, -0.2) is 30.6 Å². The van der Waals surface area contributed by atoms with Crippen LogP contribution in [0.2, 0.25) is 0 Å². The van der Waals surface area contributed by atoms with E-state index >= 15 is 0 Å². The van der Waals surface area contributed by atoms with Crippen LogP contribution in [0.3, 0.4) is 0 Å². The predicted molar refractivity (Wildman–Crippen MR) is 119 cm³/mol. The number of rotatable bonds is 8. The molecule has 31 heavy (non-hydrogen) atoms. The fourth-order valence-corrected chi connectivity index (χ4v) is 3.44. The van der Waals surface area contributed by atoms with E-state index in [4.69, 9.17) is 14.7 Å². The predicted octanol–water partition coefficient (Wildman–Crippen LogP) is 4.80. The van der Waals surface area contributed by atoms with Crippen LogP contribution in [-0.2, 0) is 11.3 Å². The van der Waals surface area contributed by atoms with E-state index in [9.17, 15) is 4.79 Å². The largest absolute Gasteiger partial charge is 0.497 e. The molecule has 0 N–H and O–H groups in total. The highest BCUT2D eigenvalue weighted by atomic mass is 16.5. The standard InChI is InChI=1S/C26H24N2O3/c1-30-24-12-4-20(5-13-24)17-28(23-10-11-23)26(29)18-31-25-14-8-22(9-15-25)21-6-2-19(16-27)3-7-21/h2-9,12-15,23H,10-11,17-18H2,1H3. The van der Waals surface area contributed by atoms with Gasteiger partial charge in [-0.2, -0.15) is 5.26 Å². The lowest BCUT2D eigenvalue weighted by molar-refractivity contribution is -0.134. The van der Waals surface area contributed by atoms with E-state index in [1.165, 1.54) is 0 Å². The summed E-state index contributed by atoms with van der Waals surface area (Å²) >= 11 is 0. The second kappa shape index (κ2) is 9.36. The first-order chi connectivity index (χ1) is 15.2. The number of methoxy groups -OCH3 is 1. The summed E-state index contributed by atoms with van der Waals surface area (Å²) in [4.78, 5) is 14.7. The molecule has 0 saturated heterocycles. The van der Waals surface area contributed by atoms with E-state index in [0.717, 1.165) is 35.3 Å². The van der Waals surface area contributed by atoms with Crippen molar-refractivity contribution in [1.29, 1.82) is 5.26 Å². The minimum Gasteiger partial charge on any atom is -0.497 e. The van der Waals surface area contributed by atoms with E-state index in [-0.39, 0.29) is 12.5 Å². The Kier molecular flexibility index (Phi) is 6.18. The van der Waals surface area contributed by atoms with Crippen molar-refractivity contribution >= 4 is 5.91 Å². The van der Waals surface area contributed by atoms with E-state index < -0.39 is 0 Å². The minimum absolute atomic E-state index is 0.00510. The maximum atomic E-state index is 12.8. The molecule has 0 aliphatic heterocycles. The lowest BCUT2D eigenvalue weighted by Crippen LogP contribution is -2.36. The molecular weight excluding hydrogens is 388 g/mol. The molecular formula is C26H24N2O3. The highest BCUT2D eigenvalue weighted by Crippen LogP contribution is 2.29.